The largest absolute Gasteiger partial charge is 0.378 e. The predicted octanol–water partition coefficient (Wildman–Crippen LogP) is 3.19. The Morgan fingerprint density at radius 2 is 1.96 bits per heavy atom. The van der Waals surface area contributed by atoms with Crippen molar-refractivity contribution in [3.05, 3.63) is 29.8 Å². The molecule has 1 amide bonds. The minimum absolute atomic E-state index is 0.202. The van der Waals surface area contributed by atoms with E-state index in [0.29, 0.717) is 6.04 Å². The molecule has 4 nitrogen and oxygen atoms in total. The van der Waals surface area contributed by atoms with E-state index < -0.39 is 0 Å². The lowest BCUT2D eigenvalue weighted by Gasteiger charge is -2.36. The van der Waals surface area contributed by atoms with Crippen LogP contribution in [-0.4, -0.2) is 73.5 Å². The van der Waals surface area contributed by atoms with Gasteiger partial charge in [0.25, 0.3) is 5.91 Å². The van der Waals surface area contributed by atoms with Crippen molar-refractivity contribution in [2.75, 3.05) is 56.7 Å². The third-order valence-electron chi connectivity index (χ3n) is 5.23. The molecule has 0 spiro atoms. The molecule has 0 aromatic heterocycles. The van der Waals surface area contributed by atoms with Crippen LogP contribution >= 0.6 is 11.8 Å². The third-order valence-corrected chi connectivity index (χ3v) is 6.42. The molecule has 2 saturated heterocycles. The highest BCUT2D eigenvalue weighted by Crippen LogP contribution is 2.22. The lowest BCUT2D eigenvalue weighted by atomic mass is 10.1. The van der Waals surface area contributed by atoms with E-state index in [9.17, 15) is 4.79 Å². The fraction of sp³-hybridized carbons (Fsp3) is 0.650. The second-order valence-electron chi connectivity index (χ2n) is 7.39. The maximum absolute atomic E-state index is 13.3. The Balaban J connectivity index is 1.75. The molecule has 0 bridgehead atoms. The maximum Gasteiger partial charge on any atom is 0.254 e. The number of thioether (sulfide) groups is 1. The Labute approximate surface area is 156 Å². The average molecular weight is 362 g/mol. The summed E-state index contributed by atoms with van der Waals surface area (Å²) < 4.78 is 0. The number of piperidine rings is 1. The van der Waals surface area contributed by atoms with Gasteiger partial charge in [-0.05, 0) is 56.3 Å². The average Bonchev–Trinajstić information content (AvgIpc) is 2.87. The molecular weight excluding hydrogens is 330 g/mol. The van der Waals surface area contributed by atoms with Crippen molar-refractivity contribution in [1.82, 2.24) is 9.80 Å². The summed E-state index contributed by atoms with van der Waals surface area (Å²) in [6.07, 6.45) is 5.06. The van der Waals surface area contributed by atoms with Gasteiger partial charge in [-0.2, -0.15) is 11.8 Å². The van der Waals surface area contributed by atoms with Gasteiger partial charge in [-0.1, -0.05) is 12.5 Å². The Morgan fingerprint density at radius 3 is 2.72 bits per heavy atom. The highest BCUT2D eigenvalue weighted by atomic mass is 32.2. The zero-order valence-electron chi connectivity index (χ0n) is 15.6. The van der Waals surface area contributed by atoms with Crippen molar-refractivity contribution < 1.29 is 4.79 Å². The van der Waals surface area contributed by atoms with Crippen LogP contribution in [0.1, 0.15) is 36.0 Å². The number of nitrogens with zero attached hydrogens (tertiary/aromatic N) is 3. The third kappa shape index (κ3) is 4.91. The Hall–Kier alpha value is -1.20. The molecule has 25 heavy (non-hydrogen) atoms. The van der Waals surface area contributed by atoms with Crippen molar-refractivity contribution in [3.63, 3.8) is 0 Å². The number of hydrogen-bond donors (Lipinski definition) is 0. The number of likely N-dealkylation sites (tertiary alicyclic amines) is 1. The molecule has 2 aliphatic heterocycles. The van der Waals surface area contributed by atoms with Crippen LogP contribution in [0.4, 0.5) is 5.69 Å². The molecular formula is C20H31N3OS. The van der Waals surface area contributed by atoms with Gasteiger partial charge in [0.05, 0.1) is 6.04 Å². The summed E-state index contributed by atoms with van der Waals surface area (Å²) in [7, 11) is 4.04. The van der Waals surface area contributed by atoms with Gasteiger partial charge in [0.15, 0.2) is 0 Å². The van der Waals surface area contributed by atoms with Crippen LogP contribution in [0.2, 0.25) is 0 Å². The van der Waals surface area contributed by atoms with Gasteiger partial charge in [-0.25, -0.2) is 0 Å². The number of amides is 1. The van der Waals surface area contributed by atoms with E-state index in [2.05, 4.69) is 20.8 Å². The normalized spacial score (nSPS) is 22.5. The van der Waals surface area contributed by atoms with Crippen molar-refractivity contribution in [1.29, 1.82) is 0 Å². The lowest BCUT2D eigenvalue weighted by Crippen LogP contribution is -2.49. The molecule has 0 radical (unpaired) electrons. The number of benzene rings is 1. The molecule has 0 aliphatic carbocycles. The predicted molar refractivity (Wildman–Crippen MR) is 108 cm³/mol. The molecule has 138 valence electrons. The van der Waals surface area contributed by atoms with Crippen LogP contribution in [0.25, 0.3) is 0 Å². The minimum atomic E-state index is 0.202. The first-order chi connectivity index (χ1) is 12.1. The molecule has 1 aromatic carbocycles. The summed E-state index contributed by atoms with van der Waals surface area (Å²) in [5.41, 5.74) is 1.91. The molecule has 1 atom stereocenters. The summed E-state index contributed by atoms with van der Waals surface area (Å²) in [6, 6.07) is 8.37. The van der Waals surface area contributed by atoms with Crippen molar-refractivity contribution in [2.45, 2.75) is 31.7 Å². The van der Waals surface area contributed by atoms with E-state index in [1.807, 2.05) is 44.1 Å². The van der Waals surface area contributed by atoms with Gasteiger partial charge >= 0.3 is 0 Å². The summed E-state index contributed by atoms with van der Waals surface area (Å²) >= 11 is 2.01. The fourth-order valence-corrected chi connectivity index (χ4v) is 4.83. The van der Waals surface area contributed by atoms with E-state index in [-0.39, 0.29) is 5.91 Å². The number of carbonyl (C=O) groups excluding carboxylic acids is 1. The second kappa shape index (κ2) is 8.95. The minimum Gasteiger partial charge on any atom is -0.378 e. The van der Waals surface area contributed by atoms with E-state index in [1.54, 1.807) is 0 Å². The van der Waals surface area contributed by atoms with Gasteiger partial charge in [0.2, 0.25) is 0 Å². The van der Waals surface area contributed by atoms with Crippen LogP contribution in [0.5, 0.6) is 0 Å². The standard InChI is InChI=1S/C20H31N3OS/c1-21(2)18-9-6-8-17(14-18)20(24)23-12-7-13-25-16-19(23)15-22-10-4-3-5-11-22/h6,8-9,14,19H,3-5,7,10-13,15-16H2,1-2H3. The summed E-state index contributed by atoms with van der Waals surface area (Å²) in [4.78, 5) is 20.0. The molecule has 1 aromatic rings. The van der Waals surface area contributed by atoms with Crippen molar-refractivity contribution in [3.8, 4) is 0 Å². The molecule has 2 heterocycles. The highest BCUT2D eigenvalue weighted by molar-refractivity contribution is 7.99. The topological polar surface area (TPSA) is 26.8 Å². The summed E-state index contributed by atoms with van der Waals surface area (Å²) in [5.74, 6) is 2.43. The van der Waals surface area contributed by atoms with E-state index in [4.69, 9.17) is 0 Å². The summed E-state index contributed by atoms with van der Waals surface area (Å²) in [6.45, 7) is 4.31. The molecule has 3 rings (SSSR count). The van der Waals surface area contributed by atoms with Crippen LogP contribution in [0.3, 0.4) is 0 Å². The molecule has 1 unspecified atom stereocenters. The van der Waals surface area contributed by atoms with Gasteiger partial charge in [-0.3, -0.25) is 4.79 Å². The fourth-order valence-electron chi connectivity index (χ4n) is 3.77. The smallest absolute Gasteiger partial charge is 0.254 e. The SMILES string of the molecule is CN(C)c1cccc(C(=O)N2CCCSCC2CN2CCCCC2)c1. The van der Waals surface area contributed by atoms with Gasteiger partial charge in [0.1, 0.15) is 0 Å². The van der Waals surface area contributed by atoms with Crippen LogP contribution < -0.4 is 4.90 Å². The van der Waals surface area contributed by atoms with Gasteiger partial charge < -0.3 is 14.7 Å². The van der Waals surface area contributed by atoms with Crippen molar-refractivity contribution >= 4 is 23.4 Å². The molecule has 5 heteroatoms. The van der Waals surface area contributed by atoms with Crippen LogP contribution in [0.15, 0.2) is 24.3 Å². The molecule has 2 aliphatic rings. The highest BCUT2D eigenvalue weighted by Gasteiger charge is 2.28. The lowest BCUT2D eigenvalue weighted by molar-refractivity contribution is 0.0645. The first-order valence-corrected chi connectivity index (χ1v) is 10.7. The Morgan fingerprint density at radius 1 is 1.16 bits per heavy atom. The quantitative estimate of drug-likeness (QED) is 0.823. The van der Waals surface area contributed by atoms with Crippen LogP contribution in [0, 0.1) is 0 Å². The van der Waals surface area contributed by atoms with Crippen LogP contribution in [-0.2, 0) is 0 Å². The monoisotopic (exact) mass is 361 g/mol. The number of rotatable bonds is 4. The molecule has 2 fully saturated rings. The van der Waals surface area contributed by atoms with Gasteiger partial charge in [-0.15, -0.1) is 0 Å². The Bertz CT molecular complexity index is 572. The number of carbonyl (C=O) groups is 1. The van der Waals surface area contributed by atoms with Gasteiger partial charge in [0, 0.05) is 44.2 Å². The zero-order chi connectivity index (χ0) is 17.6. The molecule has 0 saturated carbocycles. The zero-order valence-corrected chi connectivity index (χ0v) is 16.4. The number of hydrogen-bond acceptors (Lipinski definition) is 4. The first-order valence-electron chi connectivity index (χ1n) is 9.53. The molecule has 0 N–H and O–H groups in total. The first kappa shape index (κ1) is 18.6. The second-order valence-corrected chi connectivity index (χ2v) is 8.54. The summed E-state index contributed by atoms with van der Waals surface area (Å²) in [5, 5.41) is 0. The van der Waals surface area contributed by atoms with E-state index in [0.717, 1.165) is 42.3 Å². The number of anilines is 1. The van der Waals surface area contributed by atoms with E-state index in [1.165, 1.54) is 32.4 Å². The van der Waals surface area contributed by atoms with Crippen molar-refractivity contribution in [2.24, 2.45) is 0 Å². The Kier molecular flexibility index (Phi) is 6.65. The van der Waals surface area contributed by atoms with E-state index >= 15 is 0 Å². The maximum atomic E-state index is 13.3.